The molecule has 0 saturated heterocycles. The Bertz CT molecular complexity index is 595. The summed E-state index contributed by atoms with van der Waals surface area (Å²) in [5.41, 5.74) is -1.01. The Morgan fingerprint density at radius 2 is 1.78 bits per heavy atom. The largest absolute Gasteiger partial charge is 0.493 e. The van der Waals surface area contributed by atoms with Crippen LogP contribution in [0.2, 0.25) is 10.0 Å². The highest BCUT2D eigenvalue weighted by molar-refractivity contribution is 6.42. The number of hydrogen-bond acceptors (Lipinski definition) is 2. The lowest BCUT2D eigenvalue weighted by atomic mass is 10.3. The van der Waals surface area contributed by atoms with Gasteiger partial charge in [-0.2, -0.15) is 18.3 Å². The fourth-order valence-electron chi connectivity index (χ4n) is 1.32. The quantitative estimate of drug-likeness (QED) is 0.866. The highest BCUT2D eigenvalue weighted by Gasteiger charge is 2.35. The van der Waals surface area contributed by atoms with Crippen LogP contribution in [0.25, 0.3) is 5.69 Å². The highest BCUT2D eigenvalue weighted by Crippen LogP contribution is 2.32. The van der Waals surface area contributed by atoms with Gasteiger partial charge in [0.25, 0.3) is 0 Å². The third-order valence-electron chi connectivity index (χ3n) is 2.13. The van der Waals surface area contributed by atoms with Crippen LogP contribution in [0, 0.1) is 0 Å². The normalized spacial score (nSPS) is 11.8. The molecule has 18 heavy (non-hydrogen) atoms. The fourth-order valence-corrected chi connectivity index (χ4v) is 1.61. The summed E-state index contributed by atoms with van der Waals surface area (Å²) in [5.74, 6) is -0.638. The predicted molar refractivity (Wildman–Crippen MR) is 60.3 cm³/mol. The Labute approximate surface area is 109 Å². The van der Waals surface area contributed by atoms with Gasteiger partial charge in [0, 0.05) is 6.07 Å². The van der Waals surface area contributed by atoms with Crippen molar-refractivity contribution in [2.45, 2.75) is 6.18 Å². The molecular weight excluding hydrogens is 292 g/mol. The average molecular weight is 297 g/mol. The van der Waals surface area contributed by atoms with E-state index in [2.05, 4.69) is 5.10 Å². The molecule has 0 radical (unpaired) electrons. The Balaban J connectivity index is 2.51. The van der Waals surface area contributed by atoms with Crippen molar-refractivity contribution in [3.63, 3.8) is 0 Å². The van der Waals surface area contributed by atoms with Crippen molar-refractivity contribution in [3.8, 4) is 11.6 Å². The molecule has 0 fully saturated rings. The molecule has 0 atom stereocenters. The minimum Gasteiger partial charge on any atom is -0.493 e. The van der Waals surface area contributed by atoms with Crippen LogP contribution in [0.5, 0.6) is 5.88 Å². The molecule has 2 aromatic rings. The molecule has 2 rings (SSSR count). The molecule has 1 N–H and O–H groups in total. The maximum Gasteiger partial charge on any atom is 0.435 e. The number of nitrogens with zero attached hydrogens (tertiary/aromatic N) is 2. The van der Waals surface area contributed by atoms with Crippen LogP contribution in [0.4, 0.5) is 13.2 Å². The first-order valence-corrected chi connectivity index (χ1v) is 5.36. The number of hydrogen-bond donors (Lipinski definition) is 1. The molecule has 0 amide bonds. The monoisotopic (exact) mass is 296 g/mol. The summed E-state index contributed by atoms with van der Waals surface area (Å²) in [7, 11) is 0. The van der Waals surface area contributed by atoms with Crippen LogP contribution in [0.3, 0.4) is 0 Å². The number of aromatic nitrogens is 2. The topological polar surface area (TPSA) is 38.1 Å². The van der Waals surface area contributed by atoms with Gasteiger partial charge in [-0.05, 0) is 18.2 Å². The van der Waals surface area contributed by atoms with Gasteiger partial charge in [-0.1, -0.05) is 23.2 Å². The van der Waals surface area contributed by atoms with Crippen LogP contribution in [-0.2, 0) is 6.18 Å². The molecule has 1 aromatic heterocycles. The molecule has 0 spiro atoms. The summed E-state index contributed by atoms with van der Waals surface area (Å²) in [5, 5.41) is 13.1. The van der Waals surface area contributed by atoms with Crippen molar-refractivity contribution in [3.05, 3.63) is 40.0 Å². The molecule has 8 heteroatoms. The Hall–Kier alpha value is -1.40. The molecule has 0 bridgehead atoms. The smallest absolute Gasteiger partial charge is 0.435 e. The molecule has 3 nitrogen and oxygen atoms in total. The molecule has 0 aliphatic carbocycles. The van der Waals surface area contributed by atoms with E-state index in [4.69, 9.17) is 23.2 Å². The van der Waals surface area contributed by atoms with Gasteiger partial charge in [0.05, 0.1) is 15.7 Å². The number of benzene rings is 1. The second-order valence-corrected chi connectivity index (χ2v) is 4.21. The Morgan fingerprint density at radius 1 is 1.11 bits per heavy atom. The molecular formula is C10H5Cl2F3N2O. The predicted octanol–water partition coefficient (Wildman–Crippen LogP) is 3.90. The second-order valence-electron chi connectivity index (χ2n) is 3.40. The summed E-state index contributed by atoms with van der Waals surface area (Å²) in [6, 6.07) is 4.62. The Kier molecular flexibility index (Phi) is 3.16. The minimum absolute atomic E-state index is 0.151. The molecule has 0 aliphatic heterocycles. The van der Waals surface area contributed by atoms with E-state index in [-0.39, 0.29) is 15.7 Å². The van der Waals surface area contributed by atoms with Gasteiger partial charge in [-0.3, -0.25) is 0 Å². The average Bonchev–Trinajstić information content (AvgIpc) is 2.64. The van der Waals surface area contributed by atoms with E-state index in [0.717, 1.165) is 4.68 Å². The van der Waals surface area contributed by atoms with Crippen molar-refractivity contribution in [2.24, 2.45) is 0 Å². The number of rotatable bonds is 1. The highest BCUT2D eigenvalue weighted by atomic mass is 35.5. The van der Waals surface area contributed by atoms with E-state index in [1.165, 1.54) is 18.2 Å². The number of aromatic hydroxyl groups is 1. The van der Waals surface area contributed by atoms with E-state index < -0.39 is 17.8 Å². The SMILES string of the molecule is Oc1cc(C(F)(F)F)nn1-c1ccc(Cl)c(Cl)c1. The maximum absolute atomic E-state index is 12.4. The van der Waals surface area contributed by atoms with Gasteiger partial charge in [-0.25, -0.2) is 4.68 Å². The van der Waals surface area contributed by atoms with Crippen molar-refractivity contribution in [1.82, 2.24) is 9.78 Å². The first kappa shape index (κ1) is 13.0. The van der Waals surface area contributed by atoms with Crippen molar-refractivity contribution < 1.29 is 18.3 Å². The molecule has 96 valence electrons. The lowest BCUT2D eigenvalue weighted by Gasteiger charge is -2.04. The number of alkyl halides is 3. The van der Waals surface area contributed by atoms with Crippen LogP contribution in [0.15, 0.2) is 24.3 Å². The standard InChI is InChI=1S/C10H5Cl2F3N2O/c11-6-2-1-5(3-7(6)12)17-9(18)4-8(16-17)10(13,14)15/h1-4,18H. The summed E-state index contributed by atoms with van der Waals surface area (Å²) in [6.45, 7) is 0. The van der Waals surface area contributed by atoms with Crippen LogP contribution in [0.1, 0.15) is 5.69 Å². The van der Waals surface area contributed by atoms with Crippen LogP contribution in [-0.4, -0.2) is 14.9 Å². The molecule has 0 unspecified atom stereocenters. The van der Waals surface area contributed by atoms with E-state index in [9.17, 15) is 18.3 Å². The summed E-state index contributed by atoms with van der Waals surface area (Å²) < 4.78 is 37.9. The van der Waals surface area contributed by atoms with E-state index in [0.29, 0.717) is 6.07 Å². The van der Waals surface area contributed by atoms with Gasteiger partial charge >= 0.3 is 6.18 Å². The lowest BCUT2D eigenvalue weighted by Crippen LogP contribution is -2.07. The molecule has 0 aliphatic rings. The van der Waals surface area contributed by atoms with Gasteiger partial charge in [0.2, 0.25) is 5.88 Å². The van der Waals surface area contributed by atoms with Crippen molar-refractivity contribution in [1.29, 1.82) is 0 Å². The summed E-state index contributed by atoms with van der Waals surface area (Å²) in [4.78, 5) is 0. The zero-order valence-corrected chi connectivity index (χ0v) is 10.1. The molecule has 1 heterocycles. The van der Waals surface area contributed by atoms with Crippen LogP contribution >= 0.6 is 23.2 Å². The maximum atomic E-state index is 12.4. The Morgan fingerprint density at radius 3 is 2.28 bits per heavy atom. The third kappa shape index (κ3) is 2.39. The van der Waals surface area contributed by atoms with Gasteiger partial charge < -0.3 is 5.11 Å². The van der Waals surface area contributed by atoms with E-state index in [1.807, 2.05) is 0 Å². The van der Waals surface area contributed by atoms with Crippen LogP contribution < -0.4 is 0 Å². The van der Waals surface area contributed by atoms with E-state index in [1.54, 1.807) is 0 Å². The zero-order chi connectivity index (χ0) is 13.5. The lowest BCUT2D eigenvalue weighted by molar-refractivity contribution is -0.141. The fraction of sp³-hybridized carbons (Fsp3) is 0.100. The summed E-state index contributed by atoms with van der Waals surface area (Å²) in [6.07, 6.45) is -4.63. The van der Waals surface area contributed by atoms with Gasteiger partial charge in [0.15, 0.2) is 5.69 Å². The first-order chi connectivity index (χ1) is 8.29. The minimum atomic E-state index is -4.63. The molecule has 1 aromatic carbocycles. The van der Waals surface area contributed by atoms with Gasteiger partial charge in [0.1, 0.15) is 0 Å². The van der Waals surface area contributed by atoms with Crippen molar-refractivity contribution >= 4 is 23.2 Å². The van der Waals surface area contributed by atoms with E-state index >= 15 is 0 Å². The third-order valence-corrected chi connectivity index (χ3v) is 2.87. The van der Waals surface area contributed by atoms with Gasteiger partial charge in [-0.15, -0.1) is 0 Å². The second kappa shape index (κ2) is 4.37. The first-order valence-electron chi connectivity index (χ1n) is 4.60. The summed E-state index contributed by atoms with van der Waals surface area (Å²) >= 11 is 11.4. The number of halogens is 5. The van der Waals surface area contributed by atoms with Crippen molar-refractivity contribution in [2.75, 3.05) is 0 Å². The zero-order valence-electron chi connectivity index (χ0n) is 8.54. The molecule has 0 saturated carbocycles.